The lowest BCUT2D eigenvalue weighted by Gasteiger charge is -2.26. The highest BCUT2D eigenvalue weighted by molar-refractivity contribution is 6.01. The SMILES string of the molecule is Cc1ccc(N2CCC(=O)NC(C(C)C)C2=O)c(F)c1. The topological polar surface area (TPSA) is 49.4 Å². The summed E-state index contributed by atoms with van der Waals surface area (Å²) in [5.74, 6) is -0.906. The number of amides is 2. The molecular formula is C15H19FN2O2. The number of halogens is 1. The monoisotopic (exact) mass is 278 g/mol. The first-order valence-corrected chi connectivity index (χ1v) is 6.77. The van der Waals surface area contributed by atoms with E-state index in [0.29, 0.717) is 0 Å². The maximum absolute atomic E-state index is 14.1. The van der Waals surface area contributed by atoms with Gasteiger partial charge in [-0.15, -0.1) is 0 Å². The first-order valence-electron chi connectivity index (χ1n) is 6.77. The van der Waals surface area contributed by atoms with Gasteiger partial charge >= 0.3 is 0 Å². The number of benzene rings is 1. The van der Waals surface area contributed by atoms with E-state index in [0.717, 1.165) is 5.56 Å². The predicted octanol–water partition coefficient (Wildman–Crippen LogP) is 2.01. The van der Waals surface area contributed by atoms with Crippen LogP contribution in [0.3, 0.4) is 0 Å². The van der Waals surface area contributed by atoms with Gasteiger partial charge in [-0.25, -0.2) is 4.39 Å². The van der Waals surface area contributed by atoms with E-state index < -0.39 is 11.9 Å². The quantitative estimate of drug-likeness (QED) is 0.899. The van der Waals surface area contributed by atoms with Crippen LogP contribution in [-0.2, 0) is 9.59 Å². The Labute approximate surface area is 118 Å². The summed E-state index contributed by atoms with van der Waals surface area (Å²) in [6, 6.07) is 4.14. The van der Waals surface area contributed by atoms with E-state index in [1.54, 1.807) is 19.1 Å². The van der Waals surface area contributed by atoms with Gasteiger partial charge in [0.15, 0.2) is 0 Å². The summed E-state index contributed by atoms with van der Waals surface area (Å²) in [6.45, 7) is 5.71. The third-order valence-corrected chi connectivity index (χ3v) is 3.47. The Bertz CT molecular complexity index is 543. The maximum atomic E-state index is 14.1. The smallest absolute Gasteiger partial charge is 0.249 e. The molecule has 1 atom stereocenters. The van der Waals surface area contributed by atoms with Crippen LogP contribution in [0.2, 0.25) is 0 Å². The fourth-order valence-electron chi connectivity index (χ4n) is 2.32. The molecule has 1 aromatic rings. The van der Waals surface area contributed by atoms with Crippen LogP contribution in [-0.4, -0.2) is 24.4 Å². The van der Waals surface area contributed by atoms with E-state index in [9.17, 15) is 14.0 Å². The molecule has 2 rings (SSSR count). The van der Waals surface area contributed by atoms with Crippen molar-refractivity contribution in [2.45, 2.75) is 33.2 Å². The third-order valence-electron chi connectivity index (χ3n) is 3.47. The lowest BCUT2D eigenvalue weighted by molar-refractivity contribution is -0.126. The van der Waals surface area contributed by atoms with Gasteiger partial charge in [0.25, 0.3) is 0 Å². The average molecular weight is 278 g/mol. The van der Waals surface area contributed by atoms with Gasteiger partial charge in [0.05, 0.1) is 5.69 Å². The van der Waals surface area contributed by atoms with Gasteiger partial charge in [-0.2, -0.15) is 0 Å². The van der Waals surface area contributed by atoms with Gasteiger partial charge in [0, 0.05) is 13.0 Å². The Balaban J connectivity index is 2.38. The minimum atomic E-state index is -0.606. The van der Waals surface area contributed by atoms with Gasteiger partial charge in [-0.05, 0) is 30.5 Å². The molecule has 0 aliphatic carbocycles. The van der Waals surface area contributed by atoms with Crippen molar-refractivity contribution in [3.63, 3.8) is 0 Å². The highest BCUT2D eigenvalue weighted by Gasteiger charge is 2.33. The fraction of sp³-hybridized carbons (Fsp3) is 0.467. The van der Waals surface area contributed by atoms with Crippen LogP contribution in [0.25, 0.3) is 0 Å². The van der Waals surface area contributed by atoms with Crippen LogP contribution in [0.15, 0.2) is 18.2 Å². The molecule has 2 amide bonds. The second-order valence-corrected chi connectivity index (χ2v) is 5.48. The third kappa shape index (κ3) is 2.81. The number of nitrogens with one attached hydrogen (secondary N) is 1. The Morgan fingerprint density at radius 1 is 1.35 bits per heavy atom. The molecule has 1 saturated heterocycles. The lowest BCUT2D eigenvalue weighted by atomic mass is 10.0. The Hall–Kier alpha value is -1.91. The van der Waals surface area contributed by atoms with Crippen LogP contribution in [0.1, 0.15) is 25.8 Å². The van der Waals surface area contributed by atoms with Gasteiger partial charge < -0.3 is 10.2 Å². The van der Waals surface area contributed by atoms with Gasteiger partial charge in [-0.1, -0.05) is 19.9 Å². The van der Waals surface area contributed by atoms with Crippen LogP contribution < -0.4 is 10.2 Å². The van der Waals surface area contributed by atoms with Crippen molar-refractivity contribution < 1.29 is 14.0 Å². The first kappa shape index (κ1) is 14.5. The molecule has 1 aliphatic rings. The zero-order chi connectivity index (χ0) is 14.9. The molecule has 0 radical (unpaired) electrons. The second-order valence-electron chi connectivity index (χ2n) is 5.48. The summed E-state index contributed by atoms with van der Waals surface area (Å²) in [6.07, 6.45) is 0.183. The van der Waals surface area contributed by atoms with E-state index in [1.165, 1.54) is 11.0 Å². The van der Waals surface area contributed by atoms with Crippen molar-refractivity contribution in [3.8, 4) is 0 Å². The minimum absolute atomic E-state index is 0.0411. The number of anilines is 1. The van der Waals surface area contributed by atoms with Gasteiger partial charge in [0.1, 0.15) is 11.9 Å². The molecule has 4 nitrogen and oxygen atoms in total. The molecule has 1 unspecified atom stereocenters. The fourth-order valence-corrected chi connectivity index (χ4v) is 2.32. The molecule has 1 N–H and O–H groups in total. The van der Waals surface area contributed by atoms with E-state index >= 15 is 0 Å². The standard InChI is InChI=1S/C15H19FN2O2/c1-9(2)14-15(20)18(7-6-13(19)17-14)12-5-4-10(3)8-11(12)16/h4-5,8-9,14H,6-7H2,1-3H3,(H,17,19). The van der Waals surface area contributed by atoms with Crippen LogP contribution >= 0.6 is 0 Å². The number of rotatable bonds is 2. The summed E-state index contributed by atoms with van der Waals surface area (Å²) < 4.78 is 14.1. The van der Waals surface area contributed by atoms with Crippen LogP contribution in [0.4, 0.5) is 10.1 Å². The predicted molar refractivity (Wildman–Crippen MR) is 74.9 cm³/mol. The van der Waals surface area contributed by atoms with Gasteiger partial charge in [0.2, 0.25) is 11.8 Å². The van der Waals surface area contributed by atoms with E-state index in [2.05, 4.69) is 5.32 Å². The molecule has 0 spiro atoms. The van der Waals surface area contributed by atoms with Crippen LogP contribution in [0.5, 0.6) is 0 Å². The molecule has 1 fully saturated rings. The van der Waals surface area contributed by atoms with Crippen molar-refractivity contribution in [1.82, 2.24) is 5.32 Å². The molecule has 1 heterocycles. The molecule has 20 heavy (non-hydrogen) atoms. The van der Waals surface area contributed by atoms with E-state index in [-0.39, 0.29) is 36.4 Å². The Kier molecular flexibility index (Phi) is 4.06. The molecule has 0 aromatic heterocycles. The molecule has 108 valence electrons. The largest absolute Gasteiger partial charge is 0.344 e. The van der Waals surface area contributed by atoms with Crippen molar-refractivity contribution >= 4 is 17.5 Å². The van der Waals surface area contributed by atoms with Crippen molar-refractivity contribution in [2.24, 2.45) is 5.92 Å². The summed E-state index contributed by atoms with van der Waals surface area (Å²) in [7, 11) is 0. The zero-order valence-electron chi connectivity index (χ0n) is 11.9. The van der Waals surface area contributed by atoms with Gasteiger partial charge in [-0.3, -0.25) is 9.59 Å². The summed E-state index contributed by atoms with van der Waals surface area (Å²) in [5, 5.41) is 2.71. The molecular weight excluding hydrogens is 259 g/mol. The molecule has 1 aliphatic heterocycles. The Morgan fingerprint density at radius 2 is 2.05 bits per heavy atom. The number of hydrogen-bond donors (Lipinski definition) is 1. The second kappa shape index (κ2) is 5.61. The molecule has 1 aromatic carbocycles. The minimum Gasteiger partial charge on any atom is -0.344 e. The van der Waals surface area contributed by atoms with Crippen molar-refractivity contribution in [1.29, 1.82) is 0 Å². The maximum Gasteiger partial charge on any atom is 0.249 e. The summed E-state index contributed by atoms with van der Waals surface area (Å²) in [5.41, 5.74) is 1.03. The zero-order valence-corrected chi connectivity index (χ0v) is 11.9. The molecule has 0 bridgehead atoms. The highest BCUT2D eigenvalue weighted by atomic mass is 19.1. The normalized spacial score (nSPS) is 20.1. The Morgan fingerprint density at radius 3 is 2.65 bits per heavy atom. The number of carbonyl (C=O) groups excluding carboxylic acids is 2. The first-order chi connectivity index (χ1) is 9.40. The van der Waals surface area contributed by atoms with E-state index in [1.807, 2.05) is 13.8 Å². The highest BCUT2D eigenvalue weighted by Crippen LogP contribution is 2.24. The average Bonchev–Trinajstić information content (AvgIpc) is 2.50. The number of aryl methyl sites for hydroxylation is 1. The number of carbonyl (C=O) groups is 2. The number of hydrogen-bond acceptors (Lipinski definition) is 2. The molecule has 5 heteroatoms. The van der Waals surface area contributed by atoms with Crippen LogP contribution in [0, 0.1) is 18.7 Å². The van der Waals surface area contributed by atoms with E-state index in [4.69, 9.17) is 0 Å². The summed E-state index contributed by atoms with van der Waals surface area (Å²) in [4.78, 5) is 25.6. The van der Waals surface area contributed by atoms with Crippen molar-refractivity contribution in [2.75, 3.05) is 11.4 Å². The molecule has 0 saturated carbocycles. The summed E-state index contributed by atoms with van der Waals surface area (Å²) >= 11 is 0. The lowest BCUT2D eigenvalue weighted by Crippen LogP contribution is -2.48. The number of nitrogens with zero attached hydrogens (tertiary/aromatic N) is 1. The van der Waals surface area contributed by atoms with Crippen molar-refractivity contribution in [3.05, 3.63) is 29.6 Å².